The van der Waals surface area contributed by atoms with Crippen LogP contribution >= 0.6 is 11.6 Å². The van der Waals surface area contributed by atoms with Crippen molar-refractivity contribution >= 4 is 34.8 Å². The summed E-state index contributed by atoms with van der Waals surface area (Å²) in [6.07, 6.45) is -0.267. The number of carbonyl (C=O) groups excluding carboxylic acids is 2. The van der Waals surface area contributed by atoms with Crippen LogP contribution in [0.3, 0.4) is 0 Å². The molecule has 2 N–H and O–H groups in total. The fraction of sp³-hybridized carbons (Fsp3) is 0.320. The van der Waals surface area contributed by atoms with Gasteiger partial charge in [-0.3, -0.25) is 19.1 Å². The summed E-state index contributed by atoms with van der Waals surface area (Å²) < 4.78 is 13.9. The SMILES string of the molecule is COc1ccc(Cl)cc1NC(=O)CC(C)(CC(=O)Nc1c(C)n(C)n(-c2ccccc2)c1=O)OC. The number of hydrogen-bond donors (Lipinski definition) is 2. The van der Waals surface area contributed by atoms with Crippen molar-refractivity contribution in [1.29, 1.82) is 0 Å². The summed E-state index contributed by atoms with van der Waals surface area (Å²) in [5.41, 5.74) is 0.383. The summed E-state index contributed by atoms with van der Waals surface area (Å²) in [6, 6.07) is 14.0. The lowest BCUT2D eigenvalue weighted by atomic mass is 9.96. The molecule has 10 heteroatoms. The Hall–Kier alpha value is -3.56. The van der Waals surface area contributed by atoms with Gasteiger partial charge < -0.3 is 20.1 Å². The Labute approximate surface area is 208 Å². The second kappa shape index (κ2) is 10.8. The molecule has 0 fully saturated rings. The summed E-state index contributed by atoms with van der Waals surface area (Å²) in [5.74, 6) is -0.382. The van der Waals surface area contributed by atoms with Crippen molar-refractivity contribution in [2.24, 2.45) is 7.05 Å². The number of ether oxygens (including phenoxy) is 2. The Morgan fingerprint density at radius 2 is 1.66 bits per heavy atom. The van der Waals surface area contributed by atoms with Gasteiger partial charge in [-0.2, -0.15) is 0 Å². The maximum absolute atomic E-state index is 13.1. The van der Waals surface area contributed by atoms with Crippen molar-refractivity contribution in [2.45, 2.75) is 32.3 Å². The predicted octanol–water partition coefficient (Wildman–Crippen LogP) is 3.91. The van der Waals surface area contributed by atoms with E-state index in [0.717, 1.165) is 0 Å². The number of benzene rings is 2. The molecular formula is C25H29ClN4O5. The fourth-order valence-corrected chi connectivity index (χ4v) is 3.93. The number of amides is 2. The van der Waals surface area contributed by atoms with Crippen LogP contribution < -0.4 is 20.9 Å². The number of carbonyl (C=O) groups is 2. The van der Waals surface area contributed by atoms with Crippen LogP contribution in [0, 0.1) is 6.92 Å². The topological polar surface area (TPSA) is 104 Å². The number of hydrogen-bond acceptors (Lipinski definition) is 5. The third-order valence-electron chi connectivity index (χ3n) is 5.82. The zero-order chi connectivity index (χ0) is 25.8. The summed E-state index contributed by atoms with van der Waals surface area (Å²) in [7, 11) is 4.66. The number of anilines is 2. The monoisotopic (exact) mass is 500 g/mol. The van der Waals surface area contributed by atoms with Gasteiger partial charge in [-0.15, -0.1) is 0 Å². The average Bonchev–Trinajstić information content (AvgIpc) is 3.02. The first-order chi connectivity index (χ1) is 16.6. The van der Waals surface area contributed by atoms with Crippen molar-refractivity contribution in [2.75, 3.05) is 24.9 Å². The minimum atomic E-state index is -1.12. The molecule has 0 spiro atoms. The summed E-state index contributed by atoms with van der Waals surface area (Å²) in [4.78, 5) is 38.7. The lowest BCUT2D eigenvalue weighted by Crippen LogP contribution is -2.37. The summed E-state index contributed by atoms with van der Waals surface area (Å²) >= 11 is 6.03. The molecule has 2 aromatic carbocycles. The summed E-state index contributed by atoms with van der Waals surface area (Å²) in [6.45, 7) is 3.40. The van der Waals surface area contributed by atoms with Gasteiger partial charge in [0.15, 0.2) is 0 Å². The molecule has 0 radical (unpaired) electrons. The molecule has 0 saturated heterocycles. The van der Waals surface area contributed by atoms with Crippen molar-refractivity contribution in [3.63, 3.8) is 0 Å². The first-order valence-corrected chi connectivity index (χ1v) is 11.3. The molecule has 186 valence electrons. The van der Waals surface area contributed by atoms with Gasteiger partial charge in [-0.05, 0) is 44.2 Å². The third kappa shape index (κ3) is 5.93. The van der Waals surface area contributed by atoms with Crippen LogP contribution in [-0.2, 0) is 21.4 Å². The minimum absolute atomic E-state index is 0.116. The maximum atomic E-state index is 13.1. The van der Waals surface area contributed by atoms with Gasteiger partial charge in [-0.1, -0.05) is 29.8 Å². The largest absolute Gasteiger partial charge is 0.495 e. The number of methoxy groups -OCH3 is 2. The zero-order valence-electron chi connectivity index (χ0n) is 20.3. The number of halogens is 1. The van der Waals surface area contributed by atoms with Crippen molar-refractivity contribution < 1.29 is 19.1 Å². The fourth-order valence-electron chi connectivity index (χ4n) is 3.75. The van der Waals surface area contributed by atoms with Gasteiger partial charge in [0.05, 0.1) is 42.6 Å². The van der Waals surface area contributed by atoms with Crippen LogP contribution in [-0.4, -0.2) is 41.0 Å². The molecule has 3 aromatic rings. The van der Waals surface area contributed by atoms with Gasteiger partial charge >= 0.3 is 0 Å². The minimum Gasteiger partial charge on any atom is -0.495 e. The molecule has 1 aromatic heterocycles. The van der Waals surface area contributed by atoms with Gasteiger partial charge in [-0.25, -0.2) is 4.68 Å². The molecule has 1 unspecified atom stereocenters. The van der Waals surface area contributed by atoms with Crippen molar-refractivity contribution in [1.82, 2.24) is 9.36 Å². The van der Waals surface area contributed by atoms with Crippen LogP contribution in [0.5, 0.6) is 5.75 Å². The quantitative estimate of drug-likeness (QED) is 0.463. The lowest BCUT2D eigenvalue weighted by molar-refractivity contribution is -0.127. The van der Waals surface area contributed by atoms with E-state index in [1.165, 1.54) is 18.9 Å². The Morgan fingerprint density at radius 3 is 2.26 bits per heavy atom. The van der Waals surface area contributed by atoms with Gasteiger partial charge in [0.1, 0.15) is 11.4 Å². The number of nitrogens with zero attached hydrogens (tertiary/aromatic N) is 2. The van der Waals surface area contributed by atoms with Crippen LogP contribution in [0.1, 0.15) is 25.5 Å². The number of para-hydroxylation sites is 1. The molecule has 2 amide bonds. The molecule has 0 bridgehead atoms. The molecule has 0 aliphatic carbocycles. The lowest BCUT2D eigenvalue weighted by Gasteiger charge is -2.27. The first kappa shape index (κ1) is 26.1. The molecule has 3 rings (SSSR count). The first-order valence-electron chi connectivity index (χ1n) is 10.9. The normalized spacial score (nSPS) is 12.6. The molecule has 9 nitrogen and oxygen atoms in total. The van der Waals surface area contributed by atoms with E-state index in [2.05, 4.69) is 10.6 Å². The molecule has 0 saturated carbocycles. The van der Waals surface area contributed by atoms with E-state index in [0.29, 0.717) is 27.8 Å². The van der Waals surface area contributed by atoms with Gasteiger partial charge in [0, 0.05) is 19.2 Å². The molecule has 35 heavy (non-hydrogen) atoms. The van der Waals surface area contributed by atoms with E-state index >= 15 is 0 Å². The average molecular weight is 501 g/mol. The number of rotatable bonds is 9. The highest BCUT2D eigenvalue weighted by atomic mass is 35.5. The van der Waals surface area contributed by atoms with E-state index in [9.17, 15) is 14.4 Å². The zero-order valence-corrected chi connectivity index (χ0v) is 21.1. The second-order valence-electron chi connectivity index (χ2n) is 8.39. The Kier molecular flexibility index (Phi) is 8.03. The molecule has 0 aliphatic rings. The Morgan fingerprint density at radius 1 is 1.03 bits per heavy atom. The Bertz CT molecular complexity index is 1280. The summed E-state index contributed by atoms with van der Waals surface area (Å²) in [5, 5.41) is 5.89. The van der Waals surface area contributed by atoms with Gasteiger partial charge in [0.25, 0.3) is 5.56 Å². The van der Waals surface area contributed by atoms with E-state index in [-0.39, 0.29) is 30.0 Å². The molecule has 0 aliphatic heterocycles. The second-order valence-corrected chi connectivity index (χ2v) is 8.82. The highest BCUT2D eigenvalue weighted by Gasteiger charge is 2.31. The standard InChI is InChI=1S/C25H29ClN4O5/c1-16-23(24(33)30(29(16)3)18-9-7-6-8-10-18)28-22(32)15-25(2,35-5)14-21(31)27-19-13-17(26)11-12-20(19)34-4/h6-13H,14-15H2,1-5H3,(H,27,31)(H,28,32). The van der Waals surface area contributed by atoms with Crippen LogP contribution in [0.4, 0.5) is 11.4 Å². The maximum Gasteiger partial charge on any atom is 0.295 e. The molecule has 1 heterocycles. The van der Waals surface area contributed by atoms with Crippen LogP contribution in [0.15, 0.2) is 53.3 Å². The smallest absolute Gasteiger partial charge is 0.295 e. The van der Waals surface area contributed by atoms with Crippen molar-refractivity contribution in [3.05, 3.63) is 69.6 Å². The predicted molar refractivity (Wildman–Crippen MR) is 136 cm³/mol. The van der Waals surface area contributed by atoms with Gasteiger partial charge in [0.2, 0.25) is 11.8 Å². The molecular weight excluding hydrogens is 472 g/mol. The highest BCUT2D eigenvalue weighted by Crippen LogP contribution is 2.29. The third-order valence-corrected chi connectivity index (χ3v) is 6.05. The van der Waals surface area contributed by atoms with E-state index < -0.39 is 11.5 Å². The van der Waals surface area contributed by atoms with E-state index in [1.807, 2.05) is 30.3 Å². The number of aromatic nitrogens is 2. The molecule has 1 atom stereocenters. The van der Waals surface area contributed by atoms with Crippen LogP contribution in [0.25, 0.3) is 5.69 Å². The van der Waals surface area contributed by atoms with E-state index in [1.54, 1.807) is 43.8 Å². The Balaban J connectivity index is 1.73. The van der Waals surface area contributed by atoms with E-state index in [4.69, 9.17) is 21.1 Å². The number of nitrogens with one attached hydrogen (secondary N) is 2. The van der Waals surface area contributed by atoms with Crippen molar-refractivity contribution in [3.8, 4) is 11.4 Å². The highest BCUT2D eigenvalue weighted by molar-refractivity contribution is 6.31. The van der Waals surface area contributed by atoms with Crippen LogP contribution in [0.2, 0.25) is 5.02 Å².